The van der Waals surface area contributed by atoms with Gasteiger partial charge in [-0.15, -0.1) is 0 Å². The summed E-state index contributed by atoms with van der Waals surface area (Å²) >= 11 is 0. The third-order valence-corrected chi connectivity index (χ3v) is 5.89. The third kappa shape index (κ3) is 7.92. The Labute approximate surface area is 188 Å². The minimum Gasteiger partial charge on any atom is -0.343 e. The van der Waals surface area contributed by atoms with Gasteiger partial charge in [0.15, 0.2) is 0 Å². The molecule has 8 nitrogen and oxygen atoms in total. The van der Waals surface area contributed by atoms with Crippen LogP contribution in [0.15, 0.2) is 11.6 Å². The van der Waals surface area contributed by atoms with Crippen molar-refractivity contribution in [2.45, 2.75) is 72.0 Å². The lowest BCUT2D eigenvalue weighted by molar-refractivity contribution is -0.139. The van der Waals surface area contributed by atoms with Crippen LogP contribution in [0.2, 0.25) is 0 Å². The van der Waals surface area contributed by atoms with Crippen LogP contribution in [-0.2, 0) is 14.4 Å². The molecule has 3 atom stereocenters. The monoisotopic (exact) mass is 437 g/mol. The second kappa shape index (κ2) is 12.2. The molecule has 1 aliphatic heterocycles. The Hall–Kier alpha value is -1.93. The van der Waals surface area contributed by atoms with Crippen molar-refractivity contribution in [3.05, 3.63) is 11.6 Å². The summed E-state index contributed by atoms with van der Waals surface area (Å²) < 4.78 is 0. The largest absolute Gasteiger partial charge is 0.343 e. The van der Waals surface area contributed by atoms with Gasteiger partial charge in [-0.1, -0.05) is 40.2 Å². The Morgan fingerprint density at radius 3 is 2.13 bits per heavy atom. The molecule has 0 saturated carbocycles. The number of likely N-dealkylation sites (tertiary alicyclic amines) is 1. The van der Waals surface area contributed by atoms with Crippen LogP contribution in [0, 0.1) is 11.8 Å². The first-order valence-corrected chi connectivity index (χ1v) is 11.3. The number of piperidine rings is 1. The number of nitrogens with one attached hydrogen (secondary N) is 2. The Morgan fingerprint density at radius 2 is 1.65 bits per heavy atom. The maximum atomic E-state index is 13.4. The number of rotatable bonds is 9. The molecule has 8 heteroatoms. The molecule has 0 aliphatic carbocycles. The number of hydrogen-bond acceptors (Lipinski definition) is 5. The maximum Gasteiger partial charge on any atom is 0.260 e. The van der Waals surface area contributed by atoms with E-state index >= 15 is 0 Å². The van der Waals surface area contributed by atoms with E-state index in [1.54, 1.807) is 38.0 Å². The molecule has 178 valence electrons. The molecular formula is C23H43N5O3. The van der Waals surface area contributed by atoms with Gasteiger partial charge in [0, 0.05) is 26.7 Å². The fourth-order valence-corrected chi connectivity index (χ4v) is 3.91. The van der Waals surface area contributed by atoms with Crippen molar-refractivity contribution in [3.63, 3.8) is 0 Å². The van der Waals surface area contributed by atoms with Crippen LogP contribution in [-0.4, -0.2) is 85.4 Å². The summed E-state index contributed by atoms with van der Waals surface area (Å²) in [5.74, 6) is -0.379. The summed E-state index contributed by atoms with van der Waals surface area (Å²) in [6, 6.07) is -1.07. The molecule has 1 aliphatic rings. The molecule has 0 aromatic carbocycles. The molecule has 0 bridgehead atoms. The zero-order valence-corrected chi connectivity index (χ0v) is 20.9. The minimum absolute atomic E-state index is 0.0530. The topological polar surface area (TPSA) is 85.0 Å². The van der Waals surface area contributed by atoms with Crippen LogP contribution < -0.4 is 10.7 Å². The van der Waals surface area contributed by atoms with Gasteiger partial charge in [0.05, 0.1) is 12.1 Å². The van der Waals surface area contributed by atoms with E-state index in [-0.39, 0.29) is 41.6 Å². The number of nitrogens with zero attached hydrogens (tertiary/aromatic N) is 3. The van der Waals surface area contributed by atoms with Crippen molar-refractivity contribution in [1.29, 1.82) is 0 Å². The lowest BCUT2D eigenvalue weighted by Gasteiger charge is -2.36. The molecule has 3 amide bonds. The van der Waals surface area contributed by atoms with E-state index in [9.17, 15) is 14.4 Å². The zero-order chi connectivity index (χ0) is 23.9. The molecule has 2 N–H and O–H groups in total. The first kappa shape index (κ1) is 27.1. The van der Waals surface area contributed by atoms with Crippen molar-refractivity contribution in [3.8, 4) is 0 Å². The molecule has 31 heavy (non-hydrogen) atoms. The summed E-state index contributed by atoms with van der Waals surface area (Å²) in [6.45, 7) is 10.6. The highest BCUT2D eigenvalue weighted by Gasteiger charge is 2.34. The fourth-order valence-electron chi connectivity index (χ4n) is 3.91. The van der Waals surface area contributed by atoms with E-state index in [4.69, 9.17) is 0 Å². The first-order chi connectivity index (χ1) is 14.4. The van der Waals surface area contributed by atoms with E-state index < -0.39 is 6.04 Å². The van der Waals surface area contributed by atoms with E-state index in [1.807, 2.05) is 40.8 Å². The van der Waals surface area contributed by atoms with Crippen LogP contribution in [0.1, 0.15) is 53.9 Å². The quantitative estimate of drug-likeness (QED) is 0.423. The lowest BCUT2D eigenvalue weighted by atomic mass is 9.96. The van der Waals surface area contributed by atoms with E-state index in [0.29, 0.717) is 5.57 Å². The van der Waals surface area contributed by atoms with Crippen molar-refractivity contribution in [1.82, 2.24) is 25.6 Å². The van der Waals surface area contributed by atoms with Crippen molar-refractivity contribution < 1.29 is 14.4 Å². The zero-order valence-electron chi connectivity index (χ0n) is 20.9. The lowest BCUT2D eigenvalue weighted by Crippen LogP contribution is -2.57. The van der Waals surface area contributed by atoms with Gasteiger partial charge in [0.1, 0.15) is 6.04 Å². The number of likely N-dealkylation sites (N-methyl/N-ethyl adjacent to an activating group) is 2. The summed E-state index contributed by atoms with van der Waals surface area (Å²) in [4.78, 5) is 42.4. The fraction of sp³-hybridized carbons (Fsp3) is 0.783. The molecule has 0 aromatic heterocycles. The average Bonchev–Trinajstić information content (AvgIpc) is 2.68. The van der Waals surface area contributed by atoms with Crippen LogP contribution >= 0.6 is 0 Å². The molecule has 0 spiro atoms. The predicted octanol–water partition coefficient (Wildman–Crippen LogP) is 1.63. The van der Waals surface area contributed by atoms with Crippen LogP contribution in [0.4, 0.5) is 0 Å². The van der Waals surface area contributed by atoms with Crippen LogP contribution in [0.3, 0.4) is 0 Å². The summed E-state index contributed by atoms with van der Waals surface area (Å²) in [5, 5.41) is 4.60. The highest BCUT2D eigenvalue weighted by atomic mass is 16.2. The average molecular weight is 438 g/mol. The summed E-state index contributed by atoms with van der Waals surface area (Å²) in [7, 11) is 7.21. The van der Waals surface area contributed by atoms with Gasteiger partial charge in [-0.25, -0.2) is 5.01 Å². The van der Waals surface area contributed by atoms with Crippen LogP contribution in [0.5, 0.6) is 0 Å². The third-order valence-electron chi connectivity index (χ3n) is 5.89. The second-order valence-electron chi connectivity index (χ2n) is 9.59. The van der Waals surface area contributed by atoms with Gasteiger partial charge in [-0.2, -0.15) is 0 Å². The number of hydrazine groups is 1. The molecule has 1 fully saturated rings. The van der Waals surface area contributed by atoms with Gasteiger partial charge in [0.2, 0.25) is 11.8 Å². The Morgan fingerprint density at radius 1 is 1.03 bits per heavy atom. The van der Waals surface area contributed by atoms with E-state index in [2.05, 4.69) is 15.6 Å². The van der Waals surface area contributed by atoms with E-state index in [1.165, 1.54) is 0 Å². The number of hydrogen-bond donors (Lipinski definition) is 2. The van der Waals surface area contributed by atoms with E-state index in [0.717, 1.165) is 25.8 Å². The van der Waals surface area contributed by atoms with Gasteiger partial charge >= 0.3 is 0 Å². The van der Waals surface area contributed by atoms with Crippen molar-refractivity contribution >= 4 is 17.7 Å². The van der Waals surface area contributed by atoms with Crippen molar-refractivity contribution in [2.24, 2.45) is 11.8 Å². The number of carbonyl (C=O) groups excluding carboxylic acids is 3. The van der Waals surface area contributed by atoms with Crippen molar-refractivity contribution in [2.75, 3.05) is 34.7 Å². The summed E-state index contributed by atoms with van der Waals surface area (Å²) in [6.07, 6.45) is 4.76. The summed E-state index contributed by atoms with van der Waals surface area (Å²) in [5.41, 5.74) is 3.27. The van der Waals surface area contributed by atoms with Gasteiger partial charge in [0.25, 0.3) is 5.91 Å². The molecular weight excluding hydrogens is 394 g/mol. The molecule has 1 saturated heterocycles. The highest BCUT2D eigenvalue weighted by Crippen LogP contribution is 2.19. The standard InChI is InChI=1S/C23H43N5O3/c1-15(2)19(14-17(5)21(29)25-26(6)7)28(9)23(31)20(16(3)4)24-22(30)18-12-10-11-13-27(18)8/h14-16,18-20H,10-13H2,1-9H3,(H,24,30)(H,25,29)/t18?,19-,20+/m1/s1. The first-order valence-electron chi connectivity index (χ1n) is 11.3. The molecule has 1 rings (SSSR count). The Bertz CT molecular complexity index is 660. The maximum absolute atomic E-state index is 13.4. The molecule has 0 radical (unpaired) electrons. The Kier molecular flexibility index (Phi) is 10.7. The number of carbonyl (C=O) groups is 3. The normalized spacial score (nSPS) is 20.0. The number of amides is 3. The SMILES string of the molecule is CC(=C[C@H](C(C)C)N(C)C(=O)[C@@H](NC(=O)C1CCCCN1C)C(C)C)C(=O)NN(C)C. The van der Waals surface area contributed by atoms with Gasteiger partial charge in [-0.05, 0) is 45.2 Å². The van der Waals surface area contributed by atoms with Gasteiger partial charge in [-0.3, -0.25) is 24.7 Å². The molecule has 0 aromatic rings. The smallest absolute Gasteiger partial charge is 0.260 e. The highest BCUT2D eigenvalue weighted by molar-refractivity contribution is 5.93. The predicted molar refractivity (Wildman–Crippen MR) is 124 cm³/mol. The minimum atomic E-state index is -0.613. The second-order valence-corrected chi connectivity index (χ2v) is 9.59. The molecule has 1 heterocycles. The van der Waals surface area contributed by atoms with Crippen LogP contribution in [0.25, 0.3) is 0 Å². The molecule has 1 unspecified atom stereocenters. The van der Waals surface area contributed by atoms with Gasteiger partial charge < -0.3 is 10.2 Å². The Balaban J connectivity index is 3.01.